The Labute approximate surface area is 114 Å². The first-order valence-corrected chi connectivity index (χ1v) is 6.52. The van der Waals surface area contributed by atoms with Crippen LogP contribution in [0.25, 0.3) is 0 Å². The quantitative estimate of drug-likeness (QED) is 0.857. The molecule has 0 aliphatic carbocycles. The molecular weight excluding hydrogens is 236 g/mol. The third-order valence-corrected chi connectivity index (χ3v) is 3.56. The van der Waals surface area contributed by atoms with Gasteiger partial charge in [0.15, 0.2) is 0 Å². The van der Waals surface area contributed by atoms with E-state index in [0.717, 1.165) is 17.9 Å². The summed E-state index contributed by atoms with van der Waals surface area (Å²) in [4.78, 5) is 2.30. The highest BCUT2D eigenvalue weighted by Crippen LogP contribution is 2.22. The van der Waals surface area contributed by atoms with E-state index in [1.165, 1.54) is 11.3 Å². The maximum Gasteiger partial charge on any atom is 0.0597 e. The molecule has 4 nitrogen and oxygen atoms in total. The topological polar surface area (TPSA) is 47.1 Å². The predicted molar refractivity (Wildman–Crippen MR) is 78.7 cm³/mol. The Kier molecular flexibility index (Phi) is 3.90. The second-order valence-corrected chi connectivity index (χ2v) is 5.16. The summed E-state index contributed by atoms with van der Waals surface area (Å²) in [6.45, 7) is 5.08. The van der Waals surface area contributed by atoms with Gasteiger partial charge in [-0.2, -0.15) is 5.10 Å². The summed E-state index contributed by atoms with van der Waals surface area (Å²) >= 11 is 0. The molecule has 0 radical (unpaired) electrons. The minimum absolute atomic E-state index is 0.318. The number of aromatic nitrogens is 2. The van der Waals surface area contributed by atoms with Crippen LogP contribution in [-0.4, -0.2) is 21.7 Å². The highest BCUT2D eigenvalue weighted by atomic mass is 15.3. The molecule has 1 aromatic carbocycles. The van der Waals surface area contributed by atoms with Gasteiger partial charge in [-0.1, -0.05) is 12.1 Å². The first-order chi connectivity index (χ1) is 8.97. The van der Waals surface area contributed by atoms with Crippen LogP contribution >= 0.6 is 0 Å². The molecule has 1 heterocycles. The molecule has 0 saturated carbocycles. The molecule has 0 spiro atoms. The van der Waals surface area contributed by atoms with E-state index >= 15 is 0 Å². The van der Waals surface area contributed by atoms with Gasteiger partial charge in [0, 0.05) is 25.3 Å². The molecule has 0 saturated heterocycles. The van der Waals surface area contributed by atoms with Crippen molar-refractivity contribution in [3.05, 3.63) is 47.3 Å². The number of aryl methyl sites for hydroxylation is 2. The number of hydrogen-bond acceptors (Lipinski definition) is 3. The van der Waals surface area contributed by atoms with Crippen molar-refractivity contribution in [3.63, 3.8) is 0 Å². The van der Waals surface area contributed by atoms with E-state index < -0.39 is 0 Å². The largest absolute Gasteiger partial charge is 0.399 e. The van der Waals surface area contributed by atoms with Crippen LogP contribution < -0.4 is 5.73 Å². The van der Waals surface area contributed by atoms with Gasteiger partial charge in [0.2, 0.25) is 0 Å². The maximum absolute atomic E-state index is 5.84. The van der Waals surface area contributed by atoms with Crippen molar-refractivity contribution in [1.82, 2.24) is 14.7 Å². The Morgan fingerprint density at radius 1 is 1.37 bits per heavy atom. The summed E-state index contributed by atoms with van der Waals surface area (Å²) in [5, 5.41) is 4.38. The van der Waals surface area contributed by atoms with Crippen molar-refractivity contribution in [2.24, 2.45) is 7.05 Å². The number of anilines is 1. The number of rotatable bonds is 4. The first-order valence-electron chi connectivity index (χ1n) is 6.52. The summed E-state index contributed by atoms with van der Waals surface area (Å²) in [6.07, 6.45) is 0. The Morgan fingerprint density at radius 2 is 2.11 bits per heavy atom. The molecule has 0 aliphatic rings. The molecule has 2 rings (SSSR count). The highest BCUT2D eigenvalue weighted by molar-refractivity contribution is 5.41. The highest BCUT2D eigenvalue weighted by Gasteiger charge is 2.14. The first kappa shape index (κ1) is 13.6. The molecule has 1 atom stereocenters. The normalized spacial score (nSPS) is 12.9. The zero-order valence-electron chi connectivity index (χ0n) is 12.1. The molecular formula is C15H22N4. The lowest BCUT2D eigenvalue weighted by atomic mass is 10.1. The smallest absolute Gasteiger partial charge is 0.0597 e. The van der Waals surface area contributed by atoms with Crippen LogP contribution in [0.4, 0.5) is 5.69 Å². The van der Waals surface area contributed by atoms with Crippen molar-refractivity contribution in [2.45, 2.75) is 26.4 Å². The minimum atomic E-state index is 0.318. The summed E-state index contributed by atoms with van der Waals surface area (Å²) in [7, 11) is 4.11. The van der Waals surface area contributed by atoms with E-state index in [9.17, 15) is 0 Å². The number of hydrogen-bond donors (Lipinski definition) is 1. The van der Waals surface area contributed by atoms with Crippen molar-refractivity contribution in [1.29, 1.82) is 0 Å². The van der Waals surface area contributed by atoms with Gasteiger partial charge >= 0.3 is 0 Å². The van der Waals surface area contributed by atoms with E-state index in [-0.39, 0.29) is 0 Å². The molecule has 2 aromatic rings. The molecule has 4 heteroatoms. The lowest BCUT2D eigenvalue weighted by Gasteiger charge is -2.25. The van der Waals surface area contributed by atoms with Gasteiger partial charge in [-0.15, -0.1) is 0 Å². The monoisotopic (exact) mass is 258 g/mol. The maximum atomic E-state index is 5.84. The van der Waals surface area contributed by atoms with Crippen molar-refractivity contribution >= 4 is 5.69 Å². The van der Waals surface area contributed by atoms with E-state index in [2.05, 4.69) is 36.1 Å². The van der Waals surface area contributed by atoms with Crippen LogP contribution in [0.3, 0.4) is 0 Å². The van der Waals surface area contributed by atoms with E-state index in [0.29, 0.717) is 6.04 Å². The van der Waals surface area contributed by atoms with E-state index in [1.54, 1.807) is 0 Å². The van der Waals surface area contributed by atoms with Gasteiger partial charge in [-0.25, -0.2) is 0 Å². The molecule has 0 amide bonds. The number of nitrogens with two attached hydrogens (primary N) is 1. The summed E-state index contributed by atoms with van der Waals surface area (Å²) in [5.74, 6) is 0. The standard InChI is InChI=1S/C15H22N4/c1-11-8-15(19(4)17-11)10-18(3)12(2)13-6-5-7-14(16)9-13/h5-9,12H,10,16H2,1-4H3. The summed E-state index contributed by atoms with van der Waals surface area (Å²) < 4.78 is 1.94. The molecule has 2 N–H and O–H groups in total. The molecule has 1 aromatic heterocycles. The lowest BCUT2D eigenvalue weighted by Crippen LogP contribution is -2.23. The fourth-order valence-corrected chi connectivity index (χ4v) is 2.28. The number of nitrogens with zero attached hydrogens (tertiary/aromatic N) is 3. The zero-order chi connectivity index (χ0) is 14.0. The third kappa shape index (κ3) is 3.15. The minimum Gasteiger partial charge on any atom is -0.399 e. The second kappa shape index (κ2) is 5.45. The fraction of sp³-hybridized carbons (Fsp3) is 0.400. The third-order valence-electron chi connectivity index (χ3n) is 3.56. The van der Waals surface area contributed by atoms with E-state index in [1.807, 2.05) is 36.9 Å². The molecule has 0 bridgehead atoms. The van der Waals surface area contributed by atoms with Crippen LogP contribution in [0.15, 0.2) is 30.3 Å². The molecule has 0 fully saturated rings. The van der Waals surface area contributed by atoms with Gasteiger partial charge < -0.3 is 5.73 Å². The fourth-order valence-electron chi connectivity index (χ4n) is 2.28. The van der Waals surface area contributed by atoms with Gasteiger partial charge in [-0.05, 0) is 44.7 Å². The molecule has 0 aliphatic heterocycles. The zero-order valence-corrected chi connectivity index (χ0v) is 12.1. The van der Waals surface area contributed by atoms with Crippen molar-refractivity contribution < 1.29 is 0 Å². The van der Waals surface area contributed by atoms with E-state index in [4.69, 9.17) is 5.73 Å². The lowest BCUT2D eigenvalue weighted by molar-refractivity contribution is 0.246. The van der Waals surface area contributed by atoms with Gasteiger partial charge in [0.05, 0.1) is 11.4 Å². The van der Waals surface area contributed by atoms with Gasteiger partial charge in [-0.3, -0.25) is 9.58 Å². The molecule has 1 unspecified atom stereocenters. The Balaban J connectivity index is 2.11. The van der Waals surface area contributed by atoms with Crippen LogP contribution in [-0.2, 0) is 13.6 Å². The average Bonchev–Trinajstić information content (AvgIpc) is 2.66. The molecule has 102 valence electrons. The predicted octanol–water partition coefficient (Wildman–Crippen LogP) is 2.50. The average molecular weight is 258 g/mol. The van der Waals surface area contributed by atoms with Crippen LogP contribution in [0, 0.1) is 6.92 Å². The summed E-state index contributed by atoms with van der Waals surface area (Å²) in [5.41, 5.74) is 10.2. The Bertz CT molecular complexity index is 559. The molecule has 19 heavy (non-hydrogen) atoms. The number of nitrogen functional groups attached to an aromatic ring is 1. The van der Waals surface area contributed by atoms with Gasteiger partial charge in [0.25, 0.3) is 0 Å². The Hall–Kier alpha value is -1.81. The van der Waals surface area contributed by atoms with Crippen LogP contribution in [0.5, 0.6) is 0 Å². The number of benzene rings is 1. The van der Waals surface area contributed by atoms with Crippen LogP contribution in [0.2, 0.25) is 0 Å². The van der Waals surface area contributed by atoms with Crippen LogP contribution in [0.1, 0.15) is 29.9 Å². The Morgan fingerprint density at radius 3 is 2.68 bits per heavy atom. The SMILES string of the molecule is Cc1cc(CN(C)C(C)c2cccc(N)c2)n(C)n1. The summed E-state index contributed by atoms with van der Waals surface area (Å²) in [6, 6.07) is 10.5. The van der Waals surface area contributed by atoms with Crippen molar-refractivity contribution in [2.75, 3.05) is 12.8 Å². The van der Waals surface area contributed by atoms with Gasteiger partial charge in [0.1, 0.15) is 0 Å². The second-order valence-electron chi connectivity index (χ2n) is 5.16. The van der Waals surface area contributed by atoms with Crippen molar-refractivity contribution in [3.8, 4) is 0 Å².